The summed E-state index contributed by atoms with van der Waals surface area (Å²) in [4.78, 5) is 25.9. The third kappa shape index (κ3) is 6.24. The quantitative estimate of drug-likeness (QED) is 0.341. The Balaban J connectivity index is 0.00000289. The molecule has 3 aliphatic rings. The van der Waals surface area contributed by atoms with Crippen LogP contribution in [0.3, 0.4) is 0 Å². The van der Waals surface area contributed by atoms with Crippen LogP contribution in [0.4, 0.5) is 10.1 Å². The number of nitrogens with one attached hydrogen (secondary N) is 1. The van der Waals surface area contributed by atoms with Crippen molar-refractivity contribution in [1.29, 1.82) is 0 Å². The first kappa shape index (κ1) is 25.0. The number of carbonyl (C=O) groups excluding carboxylic acids is 1. The van der Waals surface area contributed by atoms with Crippen LogP contribution in [0.25, 0.3) is 0 Å². The molecule has 0 radical (unpaired) electrons. The molecule has 0 atom stereocenters. The van der Waals surface area contributed by atoms with Gasteiger partial charge in [-0.1, -0.05) is 6.42 Å². The molecular formula is C23H36FIN6O. The summed E-state index contributed by atoms with van der Waals surface area (Å²) >= 11 is 0. The van der Waals surface area contributed by atoms with Crippen LogP contribution in [-0.2, 0) is 4.79 Å². The van der Waals surface area contributed by atoms with Crippen molar-refractivity contribution in [2.24, 2.45) is 10.9 Å². The van der Waals surface area contributed by atoms with Crippen molar-refractivity contribution in [2.75, 3.05) is 77.4 Å². The maximum Gasteiger partial charge on any atom is 0.225 e. The Hall–Kier alpha value is -1.62. The molecule has 32 heavy (non-hydrogen) atoms. The Morgan fingerprint density at radius 2 is 1.62 bits per heavy atom. The Labute approximate surface area is 208 Å². The van der Waals surface area contributed by atoms with Crippen molar-refractivity contribution in [3.05, 3.63) is 30.1 Å². The molecule has 2 saturated heterocycles. The fraction of sp³-hybridized carbons (Fsp3) is 0.652. The molecule has 9 heteroatoms. The number of hydrogen-bond acceptors (Lipinski definition) is 4. The van der Waals surface area contributed by atoms with Gasteiger partial charge in [0.1, 0.15) is 5.82 Å². The highest BCUT2D eigenvalue weighted by molar-refractivity contribution is 14.0. The van der Waals surface area contributed by atoms with Gasteiger partial charge in [0.25, 0.3) is 0 Å². The van der Waals surface area contributed by atoms with Crippen LogP contribution in [-0.4, -0.2) is 99.1 Å². The number of guanidine groups is 1. The van der Waals surface area contributed by atoms with Gasteiger partial charge in [-0.05, 0) is 37.1 Å². The van der Waals surface area contributed by atoms with Crippen molar-refractivity contribution in [3.8, 4) is 0 Å². The van der Waals surface area contributed by atoms with Crippen molar-refractivity contribution in [3.63, 3.8) is 0 Å². The summed E-state index contributed by atoms with van der Waals surface area (Å²) in [6.45, 7) is 8.99. The van der Waals surface area contributed by atoms with Crippen molar-refractivity contribution in [1.82, 2.24) is 20.0 Å². The van der Waals surface area contributed by atoms with E-state index in [-0.39, 0.29) is 29.8 Å². The van der Waals surface area contributed by atoms with Gasteiger partial charge in [-0.25, -0.2) is 4.39 Å². The number of hydrogen-bond donors (Lipinski definition) is 1. The summed E-state index contributed by atoms with van der Waals surface area (Å²) < 4.78 is 13.2. The number of aliphatic imine (C=N–C) groups is 1. The third-order valence-electron chi connectivity index (χ3n) is 6.83. The molecular weight excluding hydrogens is 522 g/mol. The second kappa shape index (κ2) is 12.0. The second-order valence-electron chi connectivity index (χ2n) is 8.72. The van der Waals surface area contributed by atoms with Crippen LogP contribution in [0.15, 0.2) is 29.3 Å². The molecule has 1 aromatic rings. The lowest BCUT2D eigenvalue weighted by Gasteiger charge is -2.39. The van der Waals surface area contributed by atoms with Crippen LogP contribution < -0.4 is 10.2 Å². The molecule has 0 spiro atoms. The van der Waals surface area contributed by atoms with E-state index in [0.717, 1.165) is 89.9 Å². The minimum Gasteiger partial charge on any atom is -0.368 e. The van der Waals surface area contributed by atoms with Crippen LogP contribution in [0, 0.1) is 11.7 Å². The van der Waals surface area contributed by atoms with E-state index in [9.17, 15) is 9.18 Å². The molecule has 178 valence electrons. The molecule has 1 saturated carbocycles. The number of benzene rings is 1. The number of amides is 1. The average Bonchev–Trinajstić information content (AvgIpc) is 2.77. The summed E-state index contributed by atoms with van der Waals surface area (Å²) in [5.41, 5.74) is 1.07. The maximum atomic E-state index is 13.2. The lowest BCUT2D eigenvalue weighted by atomic mass is 9.84. The van der Waals surface area contributed by atoms with Crippen molar-refractivity contribution >= 4 is 41.5 Å². The van der Waals surface area contributed by atoms with Gasteiger partial charge < -0.3 is 20.0 Å². The number of nitrogens with zero attached hydrogens (tertiary/aromatic N) is 5. The summed E-state index contributed by atoms with van der Waals surface area (Å²) in [5, 5.41) is 3.50. The van der Waals surface area contributed by atoms with Gasteiger partial charge in [-0.2, -0.15) is 0 Å². The normalized spacial score (nSPS) is 20.6. The standard InChI is InChI=1S/C23H35FN6O.HI/c1-25-23(30-17-15-28(16-18-30)21-7-5-20(24)6-8-21)26-9-10-27-11-13-29(14-12-27)22(31)19-3-2-4-19;/h5-8,19H,2-4,9-18H2,1H3,(H,25,26);1H. The molecule has 0 unspecified atom stereocenters. The minimum absolute atomic E-state index is 0. The van der Waals surface area contributed by atoms with Gasteiger partial charge in [-0.3, -0.25) is 14.7 Å². The molecule has 1 N–H and O–H groups in total. The van der Waals surface area contributed by atoms with Gasteiger partial charge in [0.05, 0.1) is 0 Å². The highest BCUT2D eigenvalue weighted by atomic mass is 127. The summed E-state index contributed by atoms with van der Waals surface area (Å²) in [7, 11) is 1.83. The zero-order valence-corrected chi connectivity index (χ0v) is 21.3. The molecule has 2 heterocycles. The lowest BCUT2D eigenvalue weighted by Crippen LogP contribution is -2.54. The first-order valence-corrected chi connectivity index (χ1v) is 11.6. The molecule has 4 rings (SSSR count). The minimum atomic E-state index is -0.196. The zero-order valence-electron chi connectivity index (χ0n) is 19.0. The summed E-state index contributed by atoms with van der Waals surface area (Å²) in [5.74, 6) is 1.43. The fourth-order valence-corrected chi connectivity index (χ4v) is 4.59. The number of piperazine rings is 2. The van der Waals surface area contributed by atoms with E-state index in [4.69, 9.17) is 0 Å². The first-order valence-electron chi connectivity index (χ1n) is 11.6. The third-order valence-corrected chi connectivity index (χ3v) is 6.83. The van der Waals surface area contributed by atoms with E-state index in [1.807, 2.05) is 19.2 Å². The van der Waals surface area contributed by atoms with E-state index in [1.54, 1.807) is 0 Å². The van der Waals surface area contributed by atoms with Crippen LogP contribution >= 0.6 is 24.0 Å². The summed E-state index contributed by atoms with van der Waals surface area (Å²) in [6, 6.07) is 6.73. The van der Waals surface area contributed by atoms with Crippen LogP contribution in [0.2, 0.25) is 0 Å². The predicted molar refractivity (Wildman–Crippen MR) is 137 cm³/mol. The molecule has 1 aliphatic carbocycles. The van der Waals surface area contributed by atoms with E-state index in [0.29, 0.717) is 11.8 Å². The van der Waals surface area contributed by atoms with Gasteiger partial charge in [0, 0.05) is 84.1 Å². The van der Waals surface area contributed by atoms with Crippen LogP contribution in [0.5, 0.6) is 0 Å². The highest BCUT2D eigenvalue weighted by Crippen LogP contribution is 2.28. The number of halogens is 2. The highest BCUT2D eigenvalue weighted by Gasteiger charge is 2.31. The predicted octanol–water partition coefficient (Wildman–Crippen LogP) is 2.09. The molecule has 1 amide bonds. The van der Waals surface area contributed by atoms with Crippen LogP contribution in [0.1, 0.15) is 19.3 Å². The monoisotopic (exact) mass is 558 g/mol. The van der Waals surface area contributed by atoms with E-state index < -0.39 is 0 Å². The second-order valence-corrected chi connectivity index (χ2v) is 8.72. The fourth-order valence-electron chi connectivity index (χ4n) is 4.59. The SMILES string of the molecule is CN=C(NCCN1CCN(C(=O)C2CCC2)CC1)N1CCN(c2ccc(F)cc2)CC1.I. The smallest absolute Gasteiger partial charge is 0.225 e. The van der Waals surface area contributed by atoms with Crippen molar-refractivity contribution < 1.29 is 9.18 Å². The van der Waals surface area contributed by atoms with E-state index >= 15 is 0 Å². The zero-order chi connectivity index (χ0) is 21.6. The average molecular weight is 558 g/mol. The lowest BCUT2D eigenvalue weighted by molar-refractivity contribution is -0.139. The van der Waals surface area contributed by atoms with Gasteiger partial charge in [-0.15, -0.1) is 24.0 Å². The number of anilines is 1. The molecule has 0 aromatic heterocycles. The molecule has 2 aliphatic heterocycles. The molecule has 0 bridgehead atoms. The molecule has 3 fully saturated rings. The van der Waals surface area contributed by atoms with Gasteiger partial charge in [0.15, 0.2) is 5.96 Å². The number of carbonyl (C=O) groups is 1. The Bertz CT molecular complexity index is 756. The largest absolute Gasteiger partial charge is 0.368 e. The molecule has 1 aromatic carbocycles. The van der Waals surface area contributed by atoms with E-state index in [2.05, 4.69) is 29.9 Å². The molecule has 7 nitrogen and oxygen atoms in total. The maximum absolute atomic E-state index is 13.2. The van der Waals surface area contributed by atoms with Gasteiger partial charge in [0.2, 0.25) is 5.91 Å². The summed E-state index contributed by atoms with van der Waals surface area (Å²) in [6.07, 6.45) is 3.38. The Kier molecular flexibility index (Phi) is 9.39. The first-order chi connectivity index (χ1) is 15.1. The van der Waals surface area contributed by atoms with E-state index in [1.165, 1.54) is 18.6 Å². The van der Waals surface area contributed by atoms with Gasteiger partial charge >= 0.3 is 0 Å². The van der Waals surface area contributed by atoms with Crippen molar-refractivity contribution in [2.45, 2.75) is 19.3 Å². The topological polar surface area (TPSA) is 54.4 Å². The Morgan fingerprint density at radius 3 is 2.19 bits per heavy atom. The Morgan fingerprint density at radius 1 is 1.00 bits per heavy atom. The number of rotatable bonds is 5.